The van der Waals surface area contributed by atoms with E-state index in [9.17, 15) is 14.3 Å². The van der Waals surface area contributed by atoms with Crippen LogP contribution in [0.5, 0.6) is 17.2 Å². The normalized spacial score (nSPS) is 15.6. The Balaban J connectivity index is 1.70. The van der Waals surface area contributed by atoms with Gasteiger partial charge in [0, 0.05) is 17.7 Å². The van der Waals surface area contributed by atoms with Crippen molar-refractivity contribution in [3.8, 4) is 17.2 Å². The smallest absolute Gasteiger partial charge is 0.289 e. The van der Waals surface area contributed by atoms with Gasteiger partial charge in [-0.1, -0.05) is 36.4 Å². The minimum absolute atomic E-state index is 0.261. The van der Waals surface area contributed by atoms with E-state index >= 15 is 0 Å². The number of hydrogen-bond donors (Lipinski definition) is 1. The second-order valence-electron chi connectivity index (χ2n) is 7.85. The lowest BCUT2D eigenvalue weighted by atomic mass is 9.93. The van der Waals surface area contributed by atoms with E-state index in [4.69, 9.17) is 14.2 Å². The molecule has 3 aromatic rings. The summed E-state index contributed by atoms with van der Waals surface area (Å²) in [5, 5.41) is 10.9. The Bertz CT molecular complexity index is 1220. The molecular weight excluding hydrogens is 437 g/mol. The van der Waals surface area contributed by atoms with Crippen LogP contribution in [-0.4, -0.2) is 43.8 Å². The van der Waals surface area contributed by atoms with Crippen molar-refractivity contribution in [3.63, 3.8) is 0 Å². The number of benzene rings is 3. The lowest BCUT2D eigenvalue weighted by Gasteiger charge is -2.28. The highest BCUT2D eigenvalue weighted by molar-refractivity contribution is 6.05. The number of ether oxygens (including phenoxy) is 3. The Morgan fingerprint density at radius 1 is 0.912 bits per heavy atom. The van der Waals surface area contributed by atoms with Crippen molar-refractivity contribution < 1.29 is 28.5 Å². The quantitative estimate of drug-likeness (QED) is 0.512. The summed E-state index contributed by atoms with van der Waals surface area (Å²) in [6, 6.07) is 18.0. The Kier molecular flexibility index (Phi) is 6.72. The van der Waals surface area contributed by atoms with Crippen molar-refractivity contribution in [3.05, 3.63) is 95.0 Å². The number of methoxy groups -OCH3 is 3. The molecule has 4 rings (SSSR count). The molecule has 0 spiro atoms. The monoisotopic (exact) mass is 463 g/mol. The SMILES string of the molecule is COc1ccc(C2=C(O)C(=O)N(CCc3ccc(OC)c(OC)c3)[C@H]2c2ccccc2F)cc1. The predicted molar refractivity (Wildman–Crippen MR) is 127 cm³/mol. The Hall–Kier alpha value is -4.00. The summed E-state index contributed by atoms with van der Waals surface area (Å²) in [4.78, 5) is 14.7. The van der Waals surface area contributed by atoms with E-state index in [1.807, 2.05) is 12.1 Å². The molecular formula is C27H26FNO5. The van der Waals surface area contributed by atoms with Crippen LogP contribution in [0.2, 0.25) is 0 Å². The summed E-state index contributed by atoms with van der Waals surface area (Å²) in [6.45, 7) is 0.261. The Morgan fingerprint density at radius 2 is 1.62 bits per heavy atom. The number of carbonyl (C=O) groups excluding carboxylic acids is 1. The van der Waals surface area contributed by atoms with Gasteiger partial charge in [0.1, 0.15) is 11.6 Å². The van der Waals surface area contributed by atoms with Crippen LogP contribution in [0.15, 0.2) is 72.5 Å². The molecule has 7 heteroatoms. The van der Waals surface area contributed by atoms with Crippen molar-refractivity contribution in [2.24, 2.45) is 0 Å². The lowest BCUT2D eigenvalue weighted by Crippen LogP contribution is -2.32. The molecule has 0 unspecified atom stereocenters. The molecule has 1 atom stereocenters. The average molecular weight is 464 g/mol. The van der Waals surface area contributed by atoms with Crippen LogP contribution in [0, 0.1) is 5.82 Å². The van der Waals surface area contributed by atoms with Gasteiger partial charge in [0.05, 0.1) is 27.4 Å². The topological polar surface area (TPSA) is 68.2 Å². The number of rotatable bonds is 8. The molecule has 6 nitrogen and oxygen atoms in total. The molecule has 0 aromatic heterocycles. The average Bonchev–Trinajstić information content (AvgIpc) is 3.12. The summed E-state index contributed by atoms with van der Waals surface area (Å²) in [5.41, 5.74) is 2.21. The van der Waals surface area contributed by atoms with Gasteiger partial charge in [0.25, 0.3) is 5.91 Å². The summed E-state index contributed by atoms with van der Waals surface area (Å²) < 4.78 is 30.8. The van der Waals surface area contributed by atoms with Gasteiger partial charge in [-0.25, -0.2) is 4.39 Å². The second kappa shape index (κ2) is 9.87. The molecule has 0 radical (unpaired) electrons. The van der Waals surface area contributed by atoms with E-state index < -0.39 is 17.8 Å². The van der Waals surface area contributed by atoms with E-state index in [0.717, 1.165) is 5.56 Å². The van der Waals surface area contributed by atoms with Gasteiger partial charge < -0.3 is 24.2 Å². The number of amides is 1. The third-order valence-corrected chi connectivity index (χ3v) is 5.99. The van der Waals surface area contributed by atoms with Crippen LogP contribution in [0.25, 0.3) is 5.57 Å². The van der Waals surface area contributed by atoms with Gasteiger partial charge in [-0.15, -0.1) is 0 Å². The highest BCUT2D eigenvalue weighted by Crippen LogP contribution is 2.44. The number of halogens is 1. The Morgan fingerprint density at radius 3 is 2.26 bits per heavy atom. The van der Waals surface area contributed by atoms with E-state index in [0.29, 0.717) is 40.4 Å². The first kappa shape index (κ1) is 23.2. The predicted octanol–water partition coefficient (Wildman–Crippen LogP) is 4.95. The van der Waals surface area contributed by atoms with Gasteiger partial charge >= 0.3 is 0 Å². The Labute approximate surface area is 197 Å². The third-order valence-electron chi connectivity index (χ3n) is 5.99. The van der Waals surface area contributed by atoms with Crippen molar-refractivity contribution in [1.82, 2.24) is 4.90 Å². The molecule has 1 N–H and O–H groups in total. The minimum Gasteiger partial charge on any atom is -0.503 e. The van der Waals surface area contributed by atoms with Crippen molar-refractivity contribution in [2.45, 2.75) is 12.5 Å². The molecule has 0 saturated carbocycles. The number of aliphatic hydroxyl groups excluding tert-OH is 1. The molecule has 176 valence electrons. The van der Waals surface area contributed by atoms with Crippen LogP contribution in [-0.2, 0) is 11.2 Å². The number of carbonyl (C=O) groups is 1. The first-order valence-electron chi connectivity index (χ1n) is 10.8. The zero-order valence-corrected chi connectivity index (χ0v) is 19.2. The van der Waals surface area contributed by atoms with Gasteiger partial charge in [-0.2, -0.15) is 0 Å². The summed E-state index contributed by atoms with van der Waals surface area (Å²) in [5.74, 6) is 0.454. The van der Waals surface area contributed by atoms with Crippen LogP contribution >= 0.6 is 0 Å². The third kappa shape index (κ3) is 4.29. The zero-order chi connectivity index (χ0) is 24.2. The molecule has 1 aliphatic rings. The second-order valence-corrected chi connectivity index (χ2v) is 7.85. The van der Waals surface area contributed by atoms with Gasteiger partial charge in [-0.3, -0.25) is 4.79 Å². The van der Waals surface area contributed by atoms with Crippen molar-refractivity contribution >= 4 is 11.5 Å². The summed E-state index contributed by atoms with van der Waals surface area (Å²) in [7, 11) is 4.68. The van der Waals surface area contributed by atoms with Crippen LogP contribution < -0.4 is 14.2 Å². The van der Waals surface area contributed by atoms with E-state index in [1.165, 1.54) is 11.0 Å². The summed E-state index contributed by atoms with van der Waals surface area (Å²) >= 11 is 0. The van der Waals surface area contributed by atoms with Crippen LogP contribution in [0.1, 0.15) is 22.7 Å². The van der Waals surface area contributed by atoms with Gasteiger partial charge in [0.15, 0.2) is 17.3 Å². The maximum absolute atomic E-state index is 14.9. The highest BCUT2D eigenvalue weighted by atomic mass is 19.1. The molecule has 1 heterocycles. The maximum Gasteiger partial charge on any atom is 0.289 e. The number of hydrogen-bond acceptors (Lipinski definition) is 5. The van der Waals surface area contributed by atoms with E-state index in [-0.39, 0.29) is 12.3 Å². The molecule has 0 bridgehead atoms. The minimum atomic E-state index is -0.776. The number of nitrogens with zero attached hydrogens (tertiary/aromatic N) is 1. The van der Waals surface area contributed by atoms with Crippen molar-refractivity contribution in [2.75, 3.05) is 27.9 Å². The van der Waals surface area contributed by atoms with Crippen LogP contribution in [0.4, 0.5) is 4.39 Å². The molecule has 3 aromatic carbocycles. The molecule has 1 aliphatic heterocycles. The van der Waals surface area contributed by atoms with Gasteiger partial charge in [0.2, 0.25) is 0 Å². The standard InChI is InChI=1S/C27H26FNO5/c1-32-19-11-9-18(10-12-19)24-25(20-6-4-5-7-21(20)28)29(27(31)26(24)30)15-14-17-8-13-22(33-2)23(16-17)34-3/h4-13,16,25,30H,14-15H2,1-3H3/t25-/m0/s1. The fraction of sp³-hybridized carbons (Fsp3) is 0.222. The highest BCUT2D eigenvalue weighted by Gasteiger charge is 2.41. The fourth-order valence-electron chi connectivity index (χ4n) is 4.26. The molecule has 34 heavy (non-hydrogen) atoms. The van der Waals surface area contributed by atoms with Crippen molar-refractivity contribution in [1.29, 1.82) is 0 Å². The van der Waals surface area contributed by atoms with Gasteiger partial charge in [-0.05, 0) is 47.9 Å². The molecule has 0 aliphatic carbocycles. The van der Waals surface area contributed by atoms with E-state index in [2.05, 4.69) is 0 Å². The van der Waals surface area contributed by atoms with E-state index in [1.54, 1.807) is 69.9 Å². The number of aliphatic hydroxyl groups is 1. The zero-order valence-electron chi connectivity index (χ0n) is 19.2. The molecule has 0 fully saturated rings. The first-order chi connectivity index (χ1) is 16.5. The summed E-state index contributed by atoms with van der Waals surface area (Å²) in [6.07, 6.45) is 0.472. The largest absolute Gasteiger partial charge is 0.503 e. The fourth-order valence-corrected chi connectivity index (χ4v) is 4.26. The lowest BCUT2D eigenvalue weighted by molar-refractivity contribution is -0.129. The maximum atomic E-state index is 14.9. The molecule has 1 amide bonds. The molecule has 0 saturated heterocycles. The van der Waals surface area contributed by atoms with Crippen LogP contribution in [0.3, 0.4) is 0 Å². The first-order valence-corrected chi connectivity index (χ1v) is 10.8.